The number of nitrogens with zero attached hydrogens (tertiary/aromatic N) is 2. The molecule has 0 radical (unpaired) electrons. The smallest absolute Gasteiger partial charge is 0.337 e. The second-order valence-corrected chi connectivity index (χ2v) is 4.36. The second-order valence-electron chi connectivity index (χ2n) is 4.36. The first kappa shape index (κ1) is 10.1. The van der Waals surface area contributed by atoms with Gasteiger partial charge in [0.25, 0.3) is 5.56 Å². The number of carboxylic acid groups (broad SMARTS) is 1. The number of aromatic nitrogens is 3. The molecule has 1 aliphatic rings. The van der Waals surface area contributed by atoms with Gasteiger partial charge in [0.05, 0.1) is 10.9 Å². The number of rotatable bonds is 2. The Morgan fingerprint density at radius 1 is 1.59 bits per heavy atom. The number of hydrogen-bond donors (Lipinski definition) is 2. The monoisotopic (exact) mass is 233 g/mol. The Balaban J connectivity index is 2.45. The highest BCUT2D eigenvalue weighted by atomic mass is 16.4. The Labute approximate surface area is 95.9 Å². The molecular weight excluding hydrogens is 222 g/mol. The molecule has 0 amide bonds. The quantitative estimate of drug-likeness (QED) is 0.804. The summed E-state index contributed by atoms with van der Waals surface area (Å²) in [6.45, 7) is 0. The maximum absolute atomic E-state index is 11.8. The fourth-order valence-corrected chi connectivity index (χ4v) is 2.22. The Morgan fingerprint density at radius 2 is 2.29 bits per heavy atom. The van der Waals surface area contributed by atoms with E-state index >= 15 is 0 Å². The summed E-state index contributed by atoms with van der Waals surface area (Å²) in [5.41, 5.74) is 1.04. The molecule has 0 aromatic carbocycles. The zero-order valence-corrected chi connectivity index (χ0v) is 9.23. The van der Waals surface area contributed by atoms with Gasteiger partial charge in [-0.05, 0) is 24.3 Å². The van der Waals surface area contributed by atoms with Crippen molar-refractivity contribution in [1.82, 2.24) is 14.8 Å². The predicted octanol–water partition coefficient (Wildman–Crippen LogP) is 0.837. The van der Waals surface area contributed by atoms with Gasteiger partial charge in [-0.15, -0.1) is 0 Å². The summed E-state index contributed by atoms with van der Waals surface area (Å²) in [7, 11) is 1.69. The molecule has 88 valence electrons. The summed E-state index contributed by atoms with van der Waals surface area (Å²) < 4.78 is 1.52. The van der Waals surface area contributed by atoms with Gasteiger partial charge in [-0.1, -0.05) is 0 Å². The van der Waals surface area contributed by atoms with Crippen molar-refractivity contribution >= 4 is 17.0 Å². The molecule has 1 saturated carbocycles. The van der Waals surface area contributed by atoms with Crippen LogP contribution in [0.1, 0.15) is 34.7 Å². The predicted molar refractivity (Wildman–Crippen MR) is 60.3 cm³/mol. The number of fused-ring (bicyclic) bond motifs is 1. The summed E-state index contributed by atoms with van der Waals surface area (Å²) in [5, 5.41) is 12.2. The molecule has 2 aromatic heterocycles. The van der Waals surface area contributed by atoms with Crippen LogP contribution in [-0.2, 0) is 7.05 Å². The Morgan fingerprint density at radius 3 is 2.88 bits per heavy atom. The van der Waals surface area contributed by atoms with Gasteiger partial charge in [0.15, 0.2) is 5.65 Å². The molecule has 2 heterocycles. The van der Waals surface area contributed by atoms with E-state index in [1.165, 1.54) is 10.9 Å². The number of aryl methyl sites for hydroxylation is 1. The fraction of sp³-hybridized carbons (Fsp3) is 0.364. The topological polar surface area (TPSA) is 88.0 Å². The van der Waals surface area contributed by atoms with Crippen molar-refractivity contribution in [2.75, 3.05) is 0 Å². The maximum Gasteiger partial charge on any atom is 0.337 e. The maximum atomic E-state index is 11.8. The van der Waals surface area contributed by atoms with E-state index in [0.717, 1.165) is 12.8 Å². The highest BCUT2D eigenvalue weighted by molar-refractivity contribution is 5.95. The number of aromatic carboxylic acids is 1. The van der Waals surface area contributed by atoms with Gasteiger partial charge in [0.2, 0.25) is 0 Å². The van der Waals surface area contributed by atoms with Crippen LogP contribution >= 0.6 is 0 Å². The van der Waals surface area contributed by atoms with E-state index in [2.05, 4.69) is 10.1 Å². The first-order valence-corrected chi connectivity index (χ1v) is 5.40. The van der Waals surface area contributed by atoms with Gasteiger partial charge < -0.3 is 5.11 Å². The van der Waals surface area contributed by atoms with E-state index in [1.807, 2.05) is 0 Å². The zero-order chi connectivity index (χ0) is 12.2. The molecule has 0 bridgehead atoms. The van der Waals surface area contributed by atoms with Gasteiger partial charge in [-0.25, -0.2) is 9.78 Å². The van der Waals surface area contributed by atoms with Crippen LogP contribution in [0.25, 0.3) is 11.0 Å². The van der Waals surface area contributed by atoms with Gasteiger partial charge >= 0.3 is 5.97 Å². The average Bonchev–Trinajstić information content (AvgIpc) is 3.06. The molecule has 1 aliphatic carbocycles. The molecule has 0 spiro atoms. The largest absolute Gasteiger partial charge is 0.478 e. The van der Waals surface area contributed by atoms with Crippen molar-refractivity contribution in [3.8, 4) is 0 Å². The SMILES string of the molecule is Cn1[nH]c(=O)c2c(C3CC3)c(C(=O)O)cnc21. The number of nitrogens with one attached hydrogen (secondary N) is 1. The lowest BCUT2D eigenvalue weighted by Crippen LogP contribution is -2.07. The molecule has 0 unspecified atom stereocenters. The zero-order valence-electron chi connectivity index (χ0n) is 9.23. The first-order valence-electron chi connectivity index (χ1n) is 5.40. The third kappa shape index (κ3) is 1.37. The van der Waals surface area contributed by atoms with Crippen LogP contribution in [0.3, 0.4) is 0 Å². The third-order valence-corrected chi connectivity index (χ3v) is 3.13. The van der Waals surface area contributed by atoms with Crippen molar-refractivity contribution in [1.29, 1.82) is 0 Å². The number of pyridine rings is 1. The highest BCUT2D eigenvalue weighted by Gasteiger charge is 2.32. The fourth-order valence-electron chi connectivity index (χ4n) is 2.22. The van der Waals surface area contributed by atoms with Crippen LogP contribution in [0.15, 0.2) is 11.0 Å². The minimum absolute atomic E-state index is 0.150. The summed E-state index contributed by atoms with van der Waals surface area (Å²) in [6.07, 6.45) is 3.22. The van der Waals surface area contributed by atoms with Crippen LogP contribution in [0.4, 0.5) is 0 Å². The van der Waals surface area contributed by atoms with Crippen molar-refractivity contribution in [3.63, 3.8) is 0 Å². The molecule has 17 heavy (non-hydrogen) atoms. The lowest BCUT2D eigenvalue weighted by molar-refractivity contribution is 0.0695. The number of hydrogen-bond acceptors (Lipinski definition) is 3. The van der Waals surface area contributed by atoms with Gasteiger partial charge in [0, 0.05) is 13.2 Å². The summed E-state index contributed by atoms with van der Waals surface area (Å²) in [4.78, 5) is 27.0. The number of H-pyrrole nitrogens is 1. The van der Waals surface area contributed by atoms with Gasteiger partial charge in [-0.3, -0.25) is 14.6 Å². The molecule has 2 N–H and O–H groups in total. The molecule has 2 aromatic rings. The Hall–Kier alpha value is -2.11. The summed E-state index contributed by atoms with van der Waals surface area (Å²) in [5.74, 6) is -0.834. The molecule has 1 fully saturated rings. The molecular formula is C11H11N3O3. The molecule has 3 rings (SSSR count). The van der Waals surface area contributed by atoms with Crippen molar-refractivity contribution < 1.29 is 9.90 Å². The van der Waals surface area contributed by atoms with Gasteiger partial charge in [0.1, 0.15) is 0 Å². The van der Waals surface area contributed by atoms with Crippen LogP contribution in [0.5, 0.6) is 0 Å². The molecule has 0 saturated heterocycles. The summed E-state index contributed by atoms with van der Waals surface area (Å²) >= 11 is 0. The molecule has 0 aliphatic heterocycles. The van der Waals surface area contributed by atoms with E-state index in [9.17, 15) is 9.59 Å². The van der Waals surface area contributed by atoms with E-state index < -0.39 is 5.97 Å². The normalized spacial score (nSPS) is 15.4. The van der Waals surface area contributed by atoms with Crippen molar-refractivity contribution in [3.05, 3.63) is 27.7 Å². The highest BCUT2D eigenvalue weighted by Crippen LogP contribution is 2.43. The minimum atomic E-state index is -1.02. The van der Waals surface area contributed by atoms with E-state index in [4.69, 9.17) is 5.11 Å². The molecule has 0 atom stereocenters. The van der Waals surface area contributed by atoms with E-state index in [0.29, 0.717) is 16.6 Å². The lowest BCUT2D eigenvalue weighted by atomic mass is 10.0. The number of aromatic amines is 1. The standard InChI is InChI=1S/C11H11N3O3/c1-14-9-8(10(15)13-14)7(5-2-3-5)6(4-12-9)11(16)17/h4-5H,2-3H2,1H3,(H,13,15)(H,16,17). The third-order valence-electron chi connectivity index (χ3n) is 3.13. The van der Waals surface area contributed by atoms with Gasteiger partial charge in [-0.2, -0.15) is 0 Å². The Bertz CT molecular complexity index is 679. The summed E-state index contributed by atoms with van der Waals surface area (Å²) in [6, 6.07) is 0. The van der Waals surface area contributed by atoms with Crippen LogP contribution < -0.4 is 5.56 Å². The van der Waals surface area contributed by atoms with E-state index in [-0.39, 0.29) is 17.0 Å². The number of carboxylic acids is 1. The lowest BCUT2D eigenvalue weighted by Gasteiger charge is -2.05. The van der Waals surface area contributed by atoms with E-state index in [1.54, 1.807) is 7.05 Å². The van der Waals surface area contributed by atoms with Crippen LogP contribution in [0.2, 0.25) is 0 Å². The molecule has 6 heteroatoms. The molecule has 6 nitrogen and oxygen atoms in total. The van der Waals surface area contributed by atoms with Crippen molar-refractivity contribution in [2.45, 2.75) is 18.8 Å². The van der Waals surface area contributed by atoms with Crippen LogP contribution in [0, 0.1) is 0 Å². The first-order chi connectivity index (χ1) is 8.09. The van der Waals surface area contributed by atoms with Crippen LogP contribution in [-0.4, -0.2) is 25.8 Å². The van der Waals surface area contributed by atoms with Crippen molar-refractivity contribution in [2.24, 2.45) is 7.05 Å². The minimum Gasteiger partial charge on any atom is -0.478 e. The average molecular weight is 233 g/mol. The Kier molecular flexibility index (Phi) is 1.89. The second kappa shape index (κ2) is 3.19. The number of carbonyl (C=O) groups is 1.